The van der Waals surface area contributed by atoms with Gasteiger partial charge in [0.25, 0.3) is 5.91 Å². The van der Waals surface area contributed by atoms with E-state index in [2.05, 4.69) is 33.0 Å². The van der Waals surface area contributed by atoms with Crippen molar-refractivity contribution in [2.45, 2.75) is 83.7 Å². The van der Waals surface area contributed by atoms with Crippen molar-refractivity contribution in [3.63, 3.8) is 0 Å². The molecular weight excluding hydrogens is 457 g/mol. The maximum Gasteiger partial charge on any atom is 0.328 e. The number of benzene rings is 2. The van der Waals surface area contributed by atoms with Gasteiger partial charge in [-0.1, -0.05) is 83.4 Å². The van der Waals surface area contributed by atoms with Gasteiger partial charge in [0.1, 0.15) is 17.9 Å². The zero-order chi connectivity index (χ0) is 26.0. The molecule has 7 heteroatoms. The van der Waals surface area contributed by atoms with Crippen molar-refractivity contribution < 1.29 is 18.8 Å². The van der Waals surface area contributed by atoms with Crippen LogP contribution < -0.4 is 5.32 Å². The molecular formula is C29H36FN3O3. The van der Waals surface area contributed by atoms with Gasteiger partial charge in [-0.2, -0.15) is 0 Å². The van der Waals surface area contributed by atoms with Crippen molar-refractivity contribution in [2.24, 2.45) is 0 Å². The molecule has 192 valence electrons. The van der Waals surface area contributed by atoms with E-state index in [1.54, 1.807) is 18.2 Å². The topological polar surface area (TPSA) is 69.7 Å². The summed E-state index contributed by atoms with van der Waals surface area (Å²) in [6, 6.07) is 11.8. The number of urea groups is 1. The fraction of sp³-hybridized carbons (Fsp3) is 0.483. The second-order valence-electron chi connectivity index (χ2n) is 10.6. The van der Waals surface area contributed by atoms with E-state index in [0.717, 1.165) is 41.0 Å². The Kier molecular flexibility index (Phi) is 7.48. The molecule has 2 aromatic carbocycles. The van der Waals surface area contributed by atoms with E-state index in [0.29, 0.717) is 18.4 Å². The van der Waals surface area contributed by atoms with Crippen LogP contribution in [0.15, 0.2) is 42.5 Å². The number of anilines is 1. The smallest absolute Gasteiger partial charge is 0.324 e. The number of imide groups is 1. The number of nitrogens with one attached hydrogen (secondary N) is 1. The van der Waals surface area contributed by atoms with Gasteiger partial charge >= 0.3 is 6.03 Å². The highest BCUT2D eigenvalue weighted by Gasteiger charge is 2.57. The summed E-state index contributed by atoms with van der Waals surface area (Å²) in [4.78, 5) is 43.1. The normalized spacial score (nSPS) is 17.5. The van der Waals surface area contributed by atoms with E-state index >= 15 is 0 Å². The zero-order valence-corrected chi connectivity index (χ0v) is 21.6. The Hall–Kier alpha value is -3.22. The lowest BCUT2D eigenvalue weighted by atomic mass is 9.80. The maximum atomic E-state index is 14.5. The molecule has 0 aromatic heterocycles. The molecule has 0 atom stereocenters. The van der Waals surface area contributed by atoms with Crippen LogP contribution in [0.25, 0.3) is 0 Å². The second kappa shape index (κ2) is 10.4. The number of hydrogen-bond donors (Lipinski definition) is 1. The van der Waals surface area contributed by atoms with Gasteiger partial charge in [0.2, 0.25) is 5.91 Å². The molecule has 0 bridgehead atoms. The lowest BCUT2D eigenvalue weighted by Gasteiger charge is -2.38. The molecule has 4 rings (SSSR count). The summed E-state index contributed by atoms with van der Waals surface area (Å²) in [5.74, 6) is -0.789. The highest BCUT2D eigenvalue weighted by molar-refractivity contribution is 6.10. The van der Waals surface area contributed by atoms with Gasteiger partial charge in [0.05, 0.1) is 6.54 Å². The molecule has 0 unspecified atom stereocenters. The first-order valence-corrected chi connectivity index (χ1v) is 13.0. The zero-order valence-electron chi connectivity index (χ0n) is 21.6. The quantitative estimate of drug-likeness (QED) is 0.469. The summed E-state index contributed by atoms with van der Waals surface area (Å²) in [6.45, 7) is 7.90. The fourth-order valence-electron chi connectivity index (χ4n) is 5.58. The molecule has 1 saturated heterocycles. The first kappa shape index (κ1) is 25.9. The Bertz CT molecular complexity index is 1130. The van der Waals surface area contributed by atoms with Crippen LogP contribution in [0.1, 0.15) is 88.3 Å². The summed E-state index contributed by atoms with van der Waals surface area (Å²) in [5, 5.41) is 3.01. The van der Waals surface area contributed by atoms with Gasteiger partial charge < -0.3 is 10.2 Å². The molecule has 1 aliphatic carbocycles. The molecule has 0 radical (unpaired) electrons. The maximum absolute atomic E-state index is 14.5. The first-order chi connectivity index (χ1) is 17.2. The van der Waals surface area contributed by atoms with Crippen LogP contribution in [0.2, 0.25) is 0 Å². The van der Waals surface area contributed by atoms with Crippen molar-refractivity contribution in [1.82, 2.24) is 9.80 Å². The summed E-state index contributed by atoms with van der Waals surface area (Å²) in [6.07, 6.45) is 3.66. The Balaban J connectivity index is 1.61. The van der Waals surface area contributed by atoms with E-state index in [4.69, 9.17) is 0 Å². The Labute approximate surface area is 212 Å². The van der Waals surface area contributed by atoms with E-state index in [-0.39, 0.29) is 30.8 Å². The minimum atomic E-state index is -1.02. The number of carbonyl (C=O) groups is 3. The van der Waals surface area contributed by atoms with Crippen LogP contribution in [0.4, 0.5) is 14.9 Å². The largest absolute Gasteiger partial charge is 0.328 e. The van der Waals surface area contributed by atoms with Crippen LogP contribution in [-0.4, -0.2) is 39.7 Å². The van der Waals surface area contributed by atoms with Gasteiger partial charge in [-0.15, -0.1) is 0 Å². The van der Waals surface area contributed by atoms with Gasteiger partial charge in [0, 0.05) is 11.3 Å². The molecule has 6 nitrogen and oxygen atoms in total. The molecule has 1 spiro atoms. The van der Waals surface area contributed by atoms with Crippen molar-refractivity contribution in [2.75, 3.05) is 11.9 Å². The molecule has 2 fully saturated rings. The Morgan fingerprint density at radius 2 is 1.56 bits per heavy atom. The molecule has 1 saturated carbocycles. The number of nitrogens with zero attached hydrogens (tertiary/aromatic N) is 2. The van der Waals surface area contributed by atoms with E-state index in [1.807, 2.05) is 18.2 Å². The van der Waals surface area contributed by atoms with Crippen LogP contribution >= 0.6 is 0 Å². The number of carbonyl (C=O) groups excluding carboxylic acids is 3. The number of para-hydroxylation sites is 1. The predicted octanol–water partition coefficient (Wildman–Crippen LogP) is 6.18. The SMILES string of the molecule is CC(C)c1cccc(C(C)C)c1NC(=O)CN1C(=O)N(Cc2ccccc2F)C2(CCCCC2)C1=O. The standard InChI is InChI=1S/C29H36FN3O3/c1-19(2)22-12-10-13-23(20(3)4)26(22)31-25(34)18-32-27(35)29(15-8-5-9-16-29)33(28(32)36)17-21-11-6-7-14-24(21)30/h6-7,10-14,19-20H,5,8-9,15-18H2,1-4H3,(H,31,34). The molecule has 4 amide bonds. The fourth-order valence-corrected chi connectivity index (χ4v) is 5.58. The summed E-state index contributed by atoms with van der Waals surface area (Å²) >= 11 is 0. The summed E-state index contributed by atoms with van der Waals surface area (Å²) in [7, 11) is 0. The minimum Gasteiger partial charge on any atom is -0.324 e. The molecule has 1 heterocycles. The predicted molar refractivity (Wildman–Crippen MR) is 138 cm³/mol. The lowest BCUT2D eigenvalue weighted by Crippen LogP contribution is -2.50. The second-order valence-corrected chi connectivity index (χ2v) is 10.6. The number of amides is 4. The van der Waals surface area contributed by atoms with Gasteiger partial charge in [-0.25, -0.2) is 9.18 Å². The molecule has 36 heavy (non-hydrogen) atoms. The highest BCUT2D eigenvalue weighted by atomic mass is 19.1. The van der Waals surface area contributed by atoms with Gasteiger partial charge in [-0.05, 0) is 41.9 Å². The first-order valence-electron chi connectivity index (χ1n) is 13.0. The van der Waals surface area contributed by atoms with Crippen molar-refractivity contribution in [3.8, 4) is 0 Å². The Morgan fingerprint density at radius 3 is 2.14 bits per heavy atom. The van der Waals surface area contributed by atoms with Gasteiger partial charge in [0.15, 0.2) is 0 Å². The van der Waals surface area contributed by atoms with Crippen LogP contribution in [0, 0.1) is 5.82 Å². The summed E-state index contributed by atoms with van der Waals surface area (Å²) in [5.41, 5.74) is 2.12. The number of hydrogen-bond acceptors (Lipinski definition) is 3. The minimum absolute atomic E-state index is 0.00302. The van der Waals surface area contributed by atoms with E-state index < -0.39 is 23.3 Å². The summed E-state index contributed by atoms with van der Waals surface area (Å²) < 4.78 is 14.5. The van der Waals surface area contributed by atoms with E-state index in [1.165, 1.54) is 11.0 Å². The molecule has 2 aliphatic rings. The van der Waals surface area contributed by atoms with Crippen LogP contribution in [-0.2, 0) is 16.1 Å². The van der Waals surface area contributed by atoms with Crippen molar-refractivity contribution in [1.29, 1.82) is 0 Å². The van der Waals surface area contributed by atoms with Crippen LogP contribution in [0.3, 0.4) is 0 Å². The number of rotatable bonds is 7. The average molecular weight is 494 g/mol. The average Bonchev–Trinajstić information content (AvgIpc) is 3.02. The third-order valence-corrected chi connectivity index (χ3v) is 7.53. The van der Waals surface area contributed by atoms with Crippen molar-refractivity contribution >= 4 is 23.5 Å². The monoisotopic (exact) mass is 493 g/mol. The third kappa shape index (κ3) is 4.75. The lowest BCUT2D eigenvalue weighted by molar-refractivity contribution is -0.137. The molecule has 1 aliphatic heterocycles. The number of halogens is 1. The third-order valence-electron chi connectivity index (χ3n) is 7.53. The molecule has 1 N–H and O–H groups in total. The van der Waals surface area contributed by atoms with Crippen LogP contribution in [0.5, 0.6) is 0 Å². The van der Waals surface area contributed by atoms with Gasteiger partial charge in [-0.3, -0.25) is 14.5 Å². The van der Waals surface area contributed by atoms with Crippen molar-refractivity contribution in [3.05, 3.63) is 65.0 Å². The molecule has 2 aromatic rings. The Morgan fingerprint density at radius 1 is 0.944 bits per heavy atom. The highest BCUT2D eigenvalue weighted by Crippen LogP contribution is 2.41. The van der Waals surface area contributed by atoms with E-state index in [9.17, 15) is 18.8 Å².